The zero-order valence-corrected chi connectivity index (χ0v) is 19.6. The zero-order chi connectivity index (χ0) is 22.9. The molecule has 0 spiro atoms. The van der Waals surface area contributed by atoms with Gasteiger partial charge in [0.25, 0.3) is 11.5 Å². The van der Waals surface area contributed by atoms with Gasteiger partial charge in [-0.1, -0.05) is 48.5 Å². The molecular weight excluding hydrogens is 436 g/mol. The van der Waals surface area contributed by atoms with Crippen LogP contribution >= 0.6 is 11.3 Å². The highest BCUT2D eigenvalue weighted by Gasteiger charge is 2.34. The number of methoxy groups -OCH3 is 1. The Morgan fingerprint density at radius 1 is 1.12 bits per heavy atom. The van der Waals surface area contributed by atoms with Gasteiger partial charge in [0.05, 0.1) is 22.9 Å². The van der Waals surface area contributed by atoms with Crippen LogP contribution in [0.2, 0.25) is 0 Å². The van der Waals surface area contributed by atoms with Gasteiger partial charge in [-0.15, -0.1) is 11.3 Å². The minimum absolute atomic E-state index is 0.0364. The fourth-order valence-electron chi connectivity index (χ4n) is 4.64. The average molecular weight is 463 g/mol. The van der Waals surface area contributed by atoms with Crippen LogP contribution in [0.1, 0.15) is 28.1 Å². The molecule has 0 radical (unpaired) electrons. The van der Waals surface area contributed by atoms with E-state index in [2.05, 4.69) is 0 Å². The van der Waals surface area contributed by atoms with Crippen LogP contribution in [0.3, 0.4) is 0 Å². The largest absolute Gasteiger partial charge is 0.486 e. The number of rotatable bonds is 6. The third-order valence-electron chi connectivity index (χ3n) is 6.31. The second kappa shape index (κ2) is 9.00. The van der Waals surface area contributed by atoms with Crippen molar-refractivity contribution in [2.75, 3.05) is 20.3 Å². The lowest BCUT2D eigenvalue weighted by atomic mass is 10.1. The molecule has 6 nitrogen and oxygen atoms in total. The minimum atomic E-state index is -0.156. The number of thiophene rings is 1. The Morgan fingerprint density at radius 2 is 1.88 bits per heavy atom. The molecule has 1 aliphatic rings. The maximum atomic E-state index is 13.8. The molecule has 0 aliphatic carbocycles. The molecule has 3 heterocycles. The van der Waals surface area contributed by atoms with E-state index in [1.807, 2.05) is 59.5 Å². The molecule has 0 saturated carbocycles. The first-order valence-corrected chi connectivity index (χ1v) is 11.9. The summed E-state index contributed by atoms with van der Waals surface area (Å²) < 4.78 is 14.0. The van der Waals surface area contributed by atoms with Crippen molar-refractivity contribution in [3.8, 4) is 5.75 Å². The van der Waals surface area contributed by atoms with Gasteiger partial charge in [-0.25, -0.2) is 0 Å². The molecule has 2 aromatic carbocycles. The van der Waals surface area contributed by atoms with Crippen molar-refractivity contribution < 1.29 is 14.3 Å². The first-order chi connectivity index (χ1) is 16.1. The topological polar surface area (TPSA) is 60.8 Å². The van der Waals surface area contributed by atoms with E-state index in [0.29, 0.717) is 29.2 Å². The van der Waals surface area contributed by atoms with Crippen molar-refractivity contribution in [3.05, 3.63) is 75.4 Å². The number of nitrogens with zero attached hydrogens (tertiary/aromatic N) is 2. The van der Waals surface area contributed by atoms with E-state index in [9.17, 15) is 9.59 Å². The van der Waals surface area contributed by atoms with Crippen molar-refractivity contribution in [1.29, 1.82) is 0 Å². The standard InChI is InChI=1S/C26H26N2O4S/c1-27-20-13-7-6-12-19(20)23-21(25(27)29)22(32-15-17-9-4-3-5-10-17)24(33-23)26(30)28-14-8-11-18(28)16-31-2/h3-7,9-10,12-13,18H,8,11,14-16H2,1-2H3. The van der Waals surface area contributed by atoms with E-state index < -0.39 is 0 Å². The van der Waals surface area contributed by atoms with Crippen molar-refractivity contribution in [2.24, 2.45) is 7.05 Å². The van der Waals surface area contributed by atoms with Gasteiger partial charge in [-0.2, -0.15) is 0 Å². The Hall–Kier alpha value is -3.16. The molecule has 1 fully saturated rings. The van der Waals surface area contributed by atoms with Gasteiger partial charge < -0.3 is 18.9 Å². The number of carbonyl (C=O) groups excluding carboxylic acids is 1. The Labute approximate surface area is 196 Å². The van der Waals surface area contributed by atoms with Gasteiger partial charge in [-0.05, 0) is 24.5 Å². The van der Waals surface area contributed by atoms with Crippen LogP contribution in [0.25, 0.3) is 21.0 Å². The summed E-state index contributed by atoms with van der Waals surface area (Å²) in [6, 6.07) is 17.6. The fourth-order valence-corrected chi connectivity index (χ4v) is 5.87. The molecule has 33 heavy (non-hydrogen) atoms. The number of aromatic nitrogens is 1. The lowest BCUT2D eigenvalue weighted by Crippen LogP contribution is -2.37. The first-order valence-electron chi connectivity index (χ1n) is 11.1. The van der Waals surface area contributed by atoms with Crippen LogP contribution in [0.15, 0.2) is 59.4 Å². The van der Waals surface area contributed by atoms with E-state index in [1.54, 1.807) is 18.7 Å². The molecule has 0 bridgehead atoms. The number of hydrogen-bond acceptors (Lipinski definition) is 5. The molecule has 2 aromatic heterocycles. The number of benzene rings is 2. The molecule has 1 atom stereocenters. The monoisotopic (exact) mass is 462 g/mol. The van der Waals surface area contributed by atoms with Gasteiger partial charge >= 0.3 is 0 Å². The highest BCUT2D eigenvalue weighted by molar-refractivity contribution is 7.22. The van der Waals surface area contributed by atoms with Gasteiger partial charge in [0, 0.05) is 26.1 Å². The van der Waals surface area contributed by atoms with Gasteiger partial charge in [0.1, 0.15) is 16.9 Å². The molecule has 1 amide bonds. The lowest BCUT2D eigenvalue weighted by Gasteiger charge is -2.24. The van der Waals surface area contributed by atoms with Gasteiger partial charge in [0.2, 0.25) is 0 Å². The van der Waals surface area contributed by atoms with Crippen molar-refractivity contribution in [3.63, 3.8) is 0 Å². The molecular formula is C26H26N2O4S. The summed E-state index contributed by atoms with van der Waals surface area (Å²) in [5, 5.41) is 1.42. The second-order valence-corrected chi connectivity index (χ2v) is 9.39. The van der Waals surface area contributed by atoms with Crippen molar-refractivity contribution >= 4 is 38.2 Å². The molecule has 7 heteroatoms. The second-order valence-electron chi connectivity index (χ2n) is 8.37. The van der Waals surface area contributed by atoms with E-state index >= 15 is 0 Å². The van der Waals surface area contributed by atoms with Crippen LogP contribution < -0.4 is 10.3 Å². The summed E-state index contributed by atoms with van der Waals surface area (Å²) in [7, 11) is 3.42. The number of pyridine rings is 1. The zero-order valence-electron chi connectivity index (χ0n) is 18.7. The Balaban J connectivity index is 1.68. The molecule has 4 aromatic rings. The maximum absolute atomic E-state index is 13.8. The highest BCUT2D eigenvalue weighted by atomic mass is 32.1. The van der Waals surface area contributed by atoms with Crippen LogP contribution in [-0.4, -0.2) is 41.7 Å². The number of carbonyl (C=O) groups is 1. The molecule has 0 N–H and O–H groups in total. The summed E-state index contributed by atoms with van der Waals surface area (Å²) in [6.45, 7) is 1.46. The Bertz CT molecular complexity index is 1380. The number of para-hydroxylation sites is 1. The Kier molecular flexibility index (Phi) is 5.91. The number of amides is 1. The van der Waals surface area contributed by atoms with Crippen LogP contribution in [0.5, 0.6) is 5.75 Å². The first kappa shape index (κ1) is 21.7. The number of hydrogen-bond donors (Lipinski definition) is 0. The van der Waals surface area contributed by atoms with Crippen LogP contribution in [0.4, 0.5) is 0 Å². The SMILES string of the molecule is COCC1CCCN1C(=O)c1sc2c(c1OCc1ccccc1)c(=O)n(C)c1ccccc21. The van der Waals surface area contributed by atoms with Crippen molar-refractivity contribution in [2.45, 2.75) is 25.5 Å². The predicted molar refractivity (Wildman–Crippen MR) is 131 cm³/mol. The number of aryl methyl sites for hydroxylation is 1. The molecule has 1 aliphatic heterocycles. The van der Waals surface area contributed by atoms with Gasteiger partial charge in [0.15, 0.2) is 5.75 Å². The average Bonchev–Trinajstić information content (AvgIpc) is 3.47. The molecule has 1 unspecified atom stereocenters. The van der Waals surface area contributed by atoms with Crippen LogP contribution in [-0.2, 0) is 18.4 Å². The normalized spacial score (nSPS) is 16.1. The van der Waals surface area contributed by atoms with Crippen molar-refractivity contribution in [1.82, 2.24) is 9.47 Å². The Morgan fingerprint density at radius 3 is 2.67 bits per heavy atom. The summed E-state index contributed by atoms with van der Waals surface area (Å²) in [4.78, 5) is 29.6. The number of ether oxygens (including phenoxy) is 2. The van der Waals surface area contributed by atoms with E-state index in [4.69, 9.17) is 9.47 Å². The smallest absolute Gasteiger partial charge is 0.268 e. The summed E-state index contributed by atoms with van der Waals surface area (Å²) in [6.07, 6.45) is 1.85. The molecule has 170 valence electrons. The third kappa shape index (κ3) is 3.81. The summed E-state index contributed by atoms with van der Waals surface area (Å²) >= 11 is 1.36. The molecule has 1 saturated heterocycles. The maximum Gasteiger partial charge on any atom is 0.268 e. The predicted octanol–water partition coefficient (Wildman–Crippen LogP) is 4.58. The van der Waals surface area contributed by atoms with E-state index in [-0.39, 0.29) is 24.1 Å². The molecule has 5 rings (SSSR count). The number of likely N-dealkylation sites (tertiary alicyclic amines) is 1. The van der Waals surface area contributed by atoms with E-state index in [1.165, 1.54) is 11.3 Å². The quantitative estimate of drug-likeness (QED) is 0.421. The van der Waals surface area contributed by atoms with Gasteiger partial charge in [-0.3, -0.25) is 9.59 Å². The summed E-state index contributed by atoms with van der Waals surface area (Å²) in [5.74, 6) is 0.295. The fraction of sp³-hybridized carbons (Fsp3) is 0.308. The third-order valence-corrected chi connectivity index (χ3v) is 7.50. The van der Waals surface area contributed by atoms with Crippen LogP contribution in [0, 0.1) is 0 Å². The number of fused-ring (bicyclic) bond motifs is 3. The minimum Gasteiger partial charge on any atom is -0.486 e. The highest BCUT2D eigenvalue weighted by Crippen LogP contribution is 2.41. The van der Waals surface area contributed by atoms with E-state index in [0.717, 1.165) is 34.0 Å². The lowest BCUT2D eigenvalue weighted by molar-refractivity contribution is 0.0631. The summed E-state index contributed by atoms with van der Waals surface area (Å²) in [5.41, 5.74) is 1.66.